The molecule has 2 aromatic rings. The van der Waals surface area contributed by atoms with Gasteiger partial charge in [-0.25, -0.2) is 4.98 Å². The lowest BCUT2D eigenvalue weighted by Crippen LogP contribution is -2.08. The molecule has 0 saturated carbocycles. The number of pyridine rings is 1. The van der Waals surface area contributed by atoms with Crippen molar-refractivity contribution in [1.29, 1.82) is 5.26 Å². The van der Waals surface area contributed by atoms with E-state index < -0.39 is 0 Å². The number of aromatic nitrogens is 1. The summed E-state index contributed by atoms with van der Waals surface area (Å²) in [6.45, 7) is 3.58. The number of rotatable bonds is 6. The van der Waals surface area contributed by atoms with Gasteiger partial charge in [-0.2, -0.15) is 5.26 Å². The van der Waals surface area contributed by atoms with E-state index in [2.05, 4.69) is 10.3 Å². The first kappa shape index (κ1) is 19.4. The number of nitrogens with zero attached hydrogens (tertiary/aromatic N) is 2. The van der Waals surface area contributed by atoms with E-state index in [9.17, 15) is 10.1 Å². The molecular formula is C18H20N4O3S. The first-order chi connectivity index (χ1) is 12.4. The van der Waals surface area contributed by atoms with Gasteiger partial charge in [-0.3, -0.25) is 4.79 Å². The minimum absolute atomic E-state index is 0.169. The highest BCUT2D eigenvalue weighted by Crippen LogP contribution is 2.41. The molecule has 0 aliphatic carbocycles. The number of nitrogen functional groups attached to an aromatic ring is 1. The third-order valence-corrected chi connectivity index (χ3v) is 4.21. The van der Waals surface area contributed by atoms with Crippen molar-refractivity contribution in [3.63, 3.8) is 0 Å². The fourth-order valence-corrected chi connectivity index (χ4v) is 2.92. The van der Waals surface area contributed by atoms with Crippen LogP contribution in [0.2, 0.25) is 0 Å². The van der Waals surface area contributed by atoms with Gasteiger partial charge >= 0.3 is 0 Å². The van der Waals surface area contributed by atoms with Crippen molar-refractivity contribution in [3.05, 3.63) is 23.8 Å². The number of ether oxygens (including phenoxy) is 2. The highest BCUT2D eigenvalue weighted by Gasteiger charge is 2.19. The molecule has 26 heavy (non-hydrogen) atoms. The molecule has 2 rings (SSSR count). The molecular weight excluding hydrogens is 352 g/mol. The highest BCUT2D eigenvalue weighted by molar-refractivity contribution is 7.98. The number of hydrogen-bond acceptors (Lipinski definition) is 7. The lowest BCUT2D eigenvalue weighted by molar-refractivity contribution is -0.114. The number of amides is 1. The molecule has 1 aromatic carbocycles. The summed E-state index contributed by atoms with van der Waals surface area (Å²) >= 11 is 1.51. The molecule has 7 nitrogen and oxygen atoms in total. The maximum atomic E-state index is 11.5. The lowest BCUT2D eigenvalue weighted by Gasteiger charge is -2.17. The van der Waals surface area contributed by atoms with Gasteiger partial charge in [-0.15, -0.1) is 11.8 Å². The Morgan fingerprint density at radius 1 is 1.42 bits per heavy atom. The first-order valence-corrected chi connectivity index (χ1v) is 9.05. The Morgan fingerprint density at radius 2 is 2.15 bits per heavy atom. The smallest absolute Gasteiger partial charge is 0.234 e. The van der Waals surface area contributed by atoms with E-state index in [0.717, 1.165) is 4.90 Å². The Labute approximate surface area is 156 Å². The number of thioether (sulfide) groups is 1. The Morgan fingerprint density at radius 3 is 2.69 bits per heavy atom. The number of nitrogens with two attached hydrogens (primary N) is 1. The summed E-state index contributed by atoms with van der Waals surface area (Å²) in [6.07, 6.45) is 1.93. The molecule has 1 aromatic heterocycles. The van der Waals surface area contributed by atoms with Gasteiger partial charge in [0.2, 0.25) is 11.8 Å². The number of anilines is 2. The molecule has 3 N–H and O–H groups in total. The highest BCUT2D eigenvalue weighted by atomic mass is 32.2. The maximum Gasteiger partial charge on any atom is 0.234 e. The molecule has 0 aliphatic heterocycles. The van der Waals surface area contributed by atoms with Gasteiger partial charge in [0.1, 0.15) is 11.6 Å². The van der Waals surface area contributed by atoms with Gasteiger partial charge in [0.05, 0.1) is 30.8 Å². The Hall–Kier alpha value is -2.92. The maximum absolute atomic E-state index is 11.5. The van der Waals surface area contributed by atoms with Gasteiger partial charge in [0, 0.05) is 17.4 Å². The largest absolute Gasteiger partial charge is 0.494 e. The molecule has 0 atom stereocenters. The molecule has 1 amide bonds. The average molecular weight is 372 g/mol. The summed E-state index contributed by atoms with van der Waals surface area (Å²) in [5.41, 5.74) is 8.14. The summed E-state index contributed by atoms with van der Waals surface area (Å²) in [7, 11) is 1.51. The van der Waals surface area contributed by atoms with Gasteiger partial charge in [0.15, 0.2) is 5.75 Å². The van der Waals surface area contributed by atoms with Crippen molar-refractivity contribution >= 4 is 29.0 Å². The first-order valence-electron chi connectivity index (χ1n) is 7.82. The van der Waals surface area contributed by atoms with Gasteiger partial charge in [-0.1, -0.05) is 0 Å². The van der Waals surface area contributed by atoms with Crippen molar-refractivity contribution in [3.8, 4) is 29.0 Å². The van der Waals surface area contributed by atoms with Crippen LogP contribution in [0.3, 0.4) is 0 Å². The number of nitrogens with one attached hydrogen (secondary N) is 1. The van der Waals surface area contributed by atoms with Crippen LogP contribution in [0.4, 0.5) is 11.4 Å². The normalized spacial score (nSPS) is 10.1. The summed E-state index contributed by atoms with van der Waals surface area (Å²) in [6, 6.07) is 7.32. The Kier molecular flexibility index (Phi) is 6.31. The number of hydrogen-bond donors (Lipinski definition) is 2. The predicted octanol–water partition coefficient (Wildman–Crippen LogP) is 3.29. The van der Waals surface area contributed by atoms with Crippen molar-refractivity contribution in [2.24, 2.45) is 0 Å². The van der Waals surface area contributed by atoms with E-state index in [4.69, 9.17) is 15.2 Å². The van der Waals surface area contributed by atoms with Gasteiger partial charge < -0.3 is 20.5 Å². The van der Waals surface area contributed by atoms with E-state index in [1.165, 1.54) is 25.8 Å². The molecule has 0 unspecified atom stereocenters. The molecule has 0 fully saturated rings. The van der Waals surface area contributed by atoms with Crippen LogP contribution >= 0.6 is 11.8 Å². The number of methoxy groups -OCH3 is 1. The Balaban J connectivity index is 2.74. The lowest BCUT2D eigenvalue weighted by atomic mass is 10.1. The van der Waals surface area contributed by atoms with Crippen LogP contribution in [-0.4, -0.2) is 30.9 Å². The topological polar surface area (TPSA) is 110 Å². The number of nitriles is 1. The molecule has 0 radical (unpaired) electrons. The summed E-state index contributed by atoms with van der Waals surface area (Å²) in [4.78, 5) is 16.9. The zero-order valence-electron chi connectivity index (χ0n) is 15.0. The second-order valence-electron chi connectivity index (χ2n) is 5.26. The second-order valence-corrected chi connectivity index (χ2v) is 6.14. The van der Waals surface area contributed by atoms with Crippen molar-refractivity contribution in [1.82, 2.24) is 4.98 Å². The van der Waals surface area contributed by atoms with E-state index in [-0.39, 0.29) is 23.0 Å². The van der Waals surface area contributed by atoms with Gasteiger partial charge in [0.25, 0.3) is 0 Å². The van der Waals surface area contributed by atoms with E-state index in [1.807, 2.05) is 24.5 Å². The SMILES string of the molecule is CCOc1nc(-c2cc(SC)cc(NC(C)=O)c2OC)cc(N)c1C#N. The van der Waals surface area contributed by atoms with Crippen molar-refractivity contribution in [2.45, 2.75) is 18.7 Å². The summed E-state index contributed by atoms with van der Waals surface area (Å²) < 4.78 is 11.0. The summed E-state index contributed by atoms with van der Waals surface area (Å²) in [5.74, 6) is 0.412. The van der Waals surface area contributed by atoms with Crippen molar-refractivity contribution in [2.75, 3.05) is 31.0 Å². The van der Waals surface area contributed by atoms with Crippen LogP contribution in [0.25, 0.3) is 11.3 Å². The zero-order valence-corrected chi connectivity index (χ0v) is 15.9. The average Bonchev–Trinajstić information content (AvgIpc) is 2.60. The van der Waals surface area contributed by atoms with Crippen LogP contribution in [0.1, 0.15) is 19.4 Å². The fraction of sp³-hybridized carbons (Fsp3) is 0.278. The van der Waals surface area contributed by atoms with E-state index in [1.54, 1.807) is 13.0 Å². The molecule has 8 heteroatoms. The second kappa shape index (κ2) is 8.45. The molecule has 0 saturated heterocycles. The number of carbonyl (C=O) groups is 1. The summed E-state index contributed by atoms with van der Waals surface area (Å²) in [5, 5.41) is 12.1. The molecule has 0 spiro atoms. The number of carbonyl (C=O) groups excluding carboxylic acids is 1. The minimum atomic E-state index is -0.213. The molecule has 0 aliphatic rings. The van der Waals surface area contributed by atoms with Crippen molar-refractivity contribution < 1.29 is 14.3 Å². The predicted molar refractivity (Wildman–Crippen MR) is 103 cm³/mol. The van der Waals surface area contributed by atoms with Gasteiger partial charge in [-0.05, 0) is 31.4 Å². The van der Waals surface area contributed by atoms with Crippen LogP contribution < -0.4 is 20.5 Å². The monoisotopic (exact) mass is 372 g/mol. The third kappa shape index (κ3) is 4.00. The van der Waals surface area contributed by atoms with Crippen LogP contribution in [0, 0.1) is 11.3 Å². The molecule has 1 heterocycles. The van der Waals surface area contributed by atoms with E-state index in [0.29, 0.717) is 29.3 Å². The minimum Gasteiger partial charge on any atom is -0.494 e. The van der Waals surface area contributed by atoms with Crippen LogP contribution in [0.15, 0.2) is 23.1 Å². The number of benzene rings is 1. The quantitative estimate of drug-likeness (QED) is 0.749. The zero-order chi connectivity index (χ0) is 19.3. The third-order valence-electron chi connectivity index (χ3n) is 3.50. The molecule has 136 valence electrons. The Bertz CT molecular complexity index is 878. The van der Waals surface area contributed by atoms with Crippen LogP contribution in [-0.2, 0) is 4.79 Å². The standard InChI is InChI=1S/C18H20N4O3S/c1-5-25-18-13(9-19)14(20)8-15(22-18)12-6-11(26-4)7-16(17(12)24-3)21-10(2)23/h6-8H,5H2,1-4H3,(H2,20,22)(H,21,23). The molecule has 0 bridgehead atoms. The van der Waals surface area contributed by atoms with Crippen LogP contribution in [0.5, 0.6) is 11.6 Å². The fourth-order valence-electron chi connectivity index (χ4n) is 2.44. The van der Waals surface area contributed by atoms with E-state index >= 15 is 0 Å².